The van der Waals surface area contributed by atoms with E-state index in [9.17, 15) is 4.79 Å². The molecule has 3 aliphatic carbocycles. The van der Waals surface area contributed by atoms with Crippen LogP contribution in [0, 0.1) is 17.8 Å². The third-order valence-electron chi connectivity index (χ3n) is 4.80. The lowest BCUT2D eigenvalue weighted by atomic mass is 9.79. The second-order valence-electron chi connectivity index (χ2n) is 5.34. The molecule has 0 heterocycles. The van der Waals surface area contributed by atoms with Crippen LogP contribution in [0.4, 0.5) is 0 Å². The predicted molar refractivity (Wildman–Crippen MR) is 57.8 cm³/mol. The van der Waals surface area contributed by atoms with Crippen molar-refractivity contribution in [2.45, 2.75) is 25.2 Å². The van der Waals surface area contributed by atoms with Crippen molar-refractivity contribution in [2.24, 2.45) is 17.8 Å². The van der Waals surface area contributed by atoms with E-state index in [1.165, 1.54) is 24.8 Å². The molecule has 15 heavy (non-hydrogen) atoms. The Morgan fingerprint density at radius 1 is 1.00 bits per heavy atom. The highest BCUT2D eigenvalue weighted by atomic mass is 16.1. The fourth-order valence-electron chi connectivity index (χ4n) is 4.31. The molecule has 4 rings (SSSR count). The van der Waals surface area contributed by atoms with E-state index in [0.29, 0.717) is 23.5 Å². The van der Waals surface area contributed by atoms with Gasteiger partial charge in [-0.2, -0.15) is 0 Å². The summed E-state index contributed by atoms with van der Waals surface area (Å²) in [5.74, 6) is 2.92. The van der Waals surface area contributed by atoms with Crippen LogP contribution >= 0.6 is 0 Å². The van der Waals surface area contributed by atoms with Crippen LogP contribution in [0.2, 0.25) is 0 Å². The summed E-state index contributed by atoms with van der Waals surface area (Å²) in [6, 6.07) is 8.29. The average Bonchev–Trinajstić information content (AvgIpc) is 2.92. The largest absolute Gasteiger partial charge is 0.294 e. The molecule has 1 aromatic carbocycles. The van der Waals surface area contributed by atoms with Gasteiger partial charge in [0.1, 0.15) is 0 Å². The maximum Gasteiger partial charge on any atom is 0.167 e. The van der Waals surface area contributed by atoms with Gasteiger partial charge in [0.15, 0.2) is 5.78 Å². The van der Waals surface area contributed by atoms with Crippen LogP contribution in [0.3, 0.4) is 0 Å². The molecule has 0 amide bonds. The Bertz CT molecular complexity index is 448. The molecule has 0 spiro atoms. The minimum atomic E-state index is 0.362. The van der Waals surface area contributed by atoms with Crippen molar-refractivity contribution in [1.82, 2.24) is 0 Å². The topological polar surface area (TPSA) is 17.1 Å². The summed E-state index contributed by atoms with van der Waals surface area (Å²) in [5, 5.41) is 0. The molecule has 2 unspecified atom stereocenters. The van der Waals surface area contributed by atoms with E-state index in [2.05, 4.69) is 12.1 Å². The van der Waals surface area contributed by atoms with Crippen molar-refractivity contribution in [3.8, 4) is 0 Å². The Hall–Kier alpha value is -1.11. The van der Waals surface area contributed by atoms with Gasteiger partial charge < -0.3 is 0 Å². The first-order chi connectivity index (χ1) is 7.36. The molecule has 0 N–H and O–H groups in total. The molecule has 0 radical (unpaired) electrons. The van der Waals surface area contributed by atoms with Gasteiger partial charge in [-0.1, -0.05) is 24.3 Å². The molecular formula is C14H14O. The number of hydrogen-bond donors (Lipinski definition) is 0. The van der Waals surface area contributed by atoms with E-state index < -0.39 is 0 Å². The SMILES string of the molecule is O=C1c2ccccc2C2C1[C@H]1CC[C@@H]2C1. The third-order valence-corrected chi connectivity index (χ3v) is 4.80. The number of carbonyl (C=O) groups is 1. The van der Waals surface area contributed by atoms with Crippen LogP contribution in [0.1, 0.15) is 41.1 Å². The van der Waals surface area contributed by atoms with Crippen molar-refractivity contribution in [3.05, 3.63) is 35.4 Å². The minimum Gasteiger partial charge on any atom is -0.294 e. The summed E-state index contributed by atoms with van der Waals surface area (Å²) in [4.78, 5) is 12.3. The van der Waals surface area contributed by atoms with Crippen LogP contribution in [0.5, 0.6) is 0 Å². The van der Waals surface area contributed by atoms with E-state index in [1.54, 1.807) is 0 Å². The van der Waals surface area contributed by atoms with Gasteiger partial charge >= 0.3 is 0 Å². The van der Waals surface area contributed by atoms with Crippen molar-refractivity contribution in [2.75, 3.05) is 0 Å². The zero-order chi connectivity index (χ0) is 9.99. The predicted octanol–water partition coefficient (Wildman–Crippen LogP) is 3.01. The van der Waals surface area contributed by atoms with Gasteiger partial charge in [0, 0.05) is 11.5 Å². The molecule has 2 fully saturated rings. The van der Waals surface area contributed by atoms with Crippen molar-refractivity contribution < 1.29 is 4.79 Å². The monoisotopic (exact) mass is 198 g/mol. The second-order valence-corrected chi connectivity index (χ2v) is 5.34. The maximum absolute atomic E-state index is 12.3. The number of rotatable bonds is 0. The van der Waals surface area contributed by atoms with Crippen molar-refractivity contribution in [3.63, 3.8) is 0 Å². The molecule has 0 aromatic heterocycles. The van der Waals surface area contributed by atoms with E-state index in [0.717, 1.165) is 11.5 Å². The molecule has 0 aliphatic heterocycles. The lowest BCUT2D eigenvalue weighted by Gasteiger charge is -2.23. The third kappa shape index (κ3) is 0.831. The molecule has 1 nitrogen and oxygen atoms in total. The second kappa shape index (κ2) is 2.52. The van der Waals surface area contributed by atoms with Crippen LogP contribution in [-0.2, 0) is 0 Å². The smallest absolute Gasteiger partial charge is 0.167 e. The lowest BCUT2D eigenvalue weighted by molar-refractivity contribution is 0.0883. The molecule has 1 heteroatoms. The van der Waals surface area contributed by atoms with Gasteiger partial charge in [0.2, 0.25) is 0 Å². The summed E-state index contributed by atoms with van der Waals surface area (Å²) >= 11 is 0. The first kappa shape index (κ1) is 8.09. The normalized spacial score (nSPS) is 40.7. The van der Waals surface area contributed by atoms with Gasteiger partial charge in [-0.3, -0.25) is 4.79 Å². The van der Waals surface area contributed by atoms with Gasteiger partial charge in [0.25, 0.3) is 0 Å². The highest BCUT2D eigenvalue weighted by Crippen LogP contribution is 2.61. The quantitative estimate of drug-likeness (QED) is 0.626. The first-order valence-electron chi connectivity index (χ1n) is 5.99. The summed E-state index contributed by atoms with van der Waals surface area (Å²) in [6.07, 6.45) is 3.97. The zero-order valence-electron chi connectivity index (χ0n) is 8.65. The molecular weight excluding hydrogens is 184 g/mol. The molecule has 0 saturated heterocycles. The van der Waals surface area contributed by atoms with Gasteiger partial charge in [-0.25, -0.2) is 0 Å². The molecule has 4 atom stereocenters. The fraction of sp³-hybridized carbons (Fsp3) is 0.500. The number of ketones is 1. The molecule has 3 aliphatic rings. The van der Waals surface area contributed by atoms with Crippen LogP contribution in [0.15, 0.2) is 24.3 Å². The van der Waals surface area contributed by atoms with Gasteiger partial charge in [-0.15, -0.1) is 0 Å². The fourth-order valence-corrected chi connectivity index (χ4v) is 4.31. The minimum absolute atomic E-state index is 0.362. The van der Waals surface area contributed by atoms with Crippen molar-refractivity contribution in [1.29, 1.82) is 0 Å². The Morgan fingerprint density at radius 3 is 2.60 bits per heavy atom. The summed E-state index contributed by atoms with van der Waals surface area (Å²) < 4.78 is 0. The molecule has 1 aromatic rings. The highest BCUT2D eigenvalue weighted by molar-refractivity contribution is 6.03. The summed E-state index contributed by atoms with van der Waals surface area (Å²) in [6.45, 7) is 0. The van der Waals surface area contributed by atoms with Crippen molar-refractivity contribution >= 4 is 5.78 Å². The lowest BCUT2D eigenvalue weighted by Crippen LogP contribution is -2.20. The number of hydrogen-bond acceptors (Lipinski definition) is 1. The first-order valence-corrected chi connectivity index (χ1v) is 5.99. The Kier molecular flexibility index (Phi) is 1.36. The van der Waals surface area contributed by atoms with Crippen LogP contribution in [-0.4, -0.2) is 5.78 Å². The van der Waals surface area contributed by atoms with Crippen LogP contribution < -0.4 is 0 Å². The number of fused-ring (bicyclic) bond motifs is 7. The van der Waals surface area contributed by atoms with Gasteiger partial charge in [-0.05, 0) is 42.6 Å². The standard InChI is InChI=1S/C14H14O/c15-14-11-4-2-1-3-10(11)12-8-5-6-9(7-8)13(12)14/h1-4,8-9,12-13H,5-7H2/t8-,9+,12?,13?/m1/s1. The maximum atomic E-state index is 12.3. The summed E-state index contributed by atoms with van der Waals surface area (Å²) in [7, 11) is 0. The number of carbonyl (C=O) groups excluding carboxylic acids is 1. The van der Waals surface area contributed by atoms with E-state index in [4.69, 9.17) is 0 Å². The average molecular weight is 198 g/mol. The Morgan fingerprint density at radius 2 is 1.73 bits per heavy atom. The number of Topliss-reactive ketones (excluding diaryl/α,β-unsaturated/α-hetero) is 1. The zero-order valence-corrected chi connectivity index (χ0v) is 8.65. The Labute approximate surface area is 89.5 Å². The Balaban J connectivity index is 1.93. The van der Waals surface area contributed by atoms with E-state index in [1.807, 2.05) is 12.1 Å². The molecule has 76 valence electrons. The number of benzene rings is 1. The van der Waals surface area contributed by atoms with E-state index in [-0.39, 0.29) is 0 Å². The van der Waals surface area contributed by atoms with Gasteiger partial charge in [0.05, 0.1) is 0 Å². The summed E-state index contributed by atoms with van der Waals surface area (Å²) in [5.41, 5.74) is 2.39. The van der Waals surface area contributed by atoms with Crippen LogP contribution in [0.25, 0.3) is 0 Å². The van der Waals surface area contributed by atoms with E-state index >= 15 is 0 Å². The highest BCUT2D eigenvalue weighted by Gasteiger charge is 2.55. The molecule has 2 saturated carbocycles. The molecule has 2 bridgehead atoms.